The van der Waals surface area contributed by atoms with Crippen LogP contribution in [0.2, 0.25) is 5.02 Å². The molecule has 23 heteroatoms. The van der Waals surface area contributed by atoms with Crippen molar-refractivity contribution in [3.63, 3.8) is 0 Å². The normalized spacial score (nSPS) is 18.8. The van der Waals surface area contributed by atoms with E-state index < -0.39 is 29.2 Å². The summed E-state index contributed by atoms with van der Waals surface area (Å²) in [5, 5.41) is 33.5. The van der Waals surface area contributed by atoms with Gasteiger partial charge in [0.25, 0.3) is 0 Å². The van der Waals surface area contributed by atoms with Crippen LogP contribution in [0.5, 0.6) is 0 Å². The van der Waals surface area contributed by atoms with Crippen LogP contribution in [-0.2, 0) is 62.6 Å². The first-order valence-corrected chi connectivity index (χ1v) is 31.2. The second kappa shape index (κ2) is 33.1. The highest BCUT2D eigenvalue weighted by Gasteiger charge is 2.33. The van der Waals surface area contributed by atoms with Gasteiger partial charge in [-0.25, -0.2) is 38.9 Å². The lowest BCUT2D eigenvalue weighted by molar-refractivity contribution is 0.0210. The number of carbonyl (C=O) groups excluding carboxylic acids is 5. The van der Waals surface area contributed by atoms with Gasteiger partial charge in [-0.15, -0.1) is 0 Å². The molecule has 3 saturated heterocycles. The molecule has 0 unspecified atom stereocenters. The summed E-state index contributed by atoms with van der Waals surface area (Å²) in [7, 11) is 0. The van der Waals surface area contributed by atoms with E-state index in [4.69, 9.17) is 51.1 Å². The average Bonchev–Trinajstić information content (AvgIpc) is 1.31. The van der Waals surface area contributed by atoms with Crippen LogP contribution in [-0.4, -0.2) is 145 Å². The Balaban J connectivity index is 0.000000196. The van der Waals surface area contributed by atoms with Crippen molar-refractivity contribution in [2.24, 2.45) is 17.8 Å². The Morgan fingerprint density at radius 2 is 0.989 bits per heavy atom. The zero-order valence-electron chi connectivity index (χ0n) is 52.5. The number of amides is 2. The second-order valence-electron chi connectivity index (χ2n) is 24.4. The number of esters is 3. The first-order chi connectivity index (χ1) is 41.6. The lowest BCUT2D eigenvalue weighted by Gasteiger charge is -2.37. The van der Waals surface area contributed by atoms with Crippen molar-refractivity contribution in [1.82, 2.24) is 35.4 Å². The number of rotatable bonds is 11. The Hall–Kier alpha value is -7.32. The number of anilines is 2. The maximum atomic E-state index is 12.6. The van der Waals surface area contributed by atoms with E-state index in [2.05, 4.69) is 53.6 Å². The molecule has 2 N–H and O–H groups in total. The number of piperidine rings is 3. The highest BCUT2D eigenvalue weighted by molar-refractivity contribution is 6.31. The largest absolute Gasteiger partial charge is 0.461 e. The maximum Gasteiger partial charge on any atom is 0.410 e. The van der Waals surface area contributed by atoms with Crippen LogP contribution in [0.15, 0.2) is 18.2 Å². The molecule has 6 aliphatic heterocycles. The molecule has 87 heavy (non-hydrogen) atoms. The maximum absolute atomic E-state index is 12.6. The van der Waals surface area contributed by atoms with Crippen LogP contribution in [0, 0.1) is 51.7 Å². The van der Waals surface area contributed by atoms with Crippen molar-refractivity contribution in [2.45, 2.75) is 170 Å². The third-order valence-corrected chi connectivity index (χ3v) is 15.7. The number of nitrogens with zero attached hydrogens (tertiary/aromatic N) is 10. The molecule has 0 saturated carbocycles. The summed E-state index contributed by atoms with van der Waals surface area (Å²) in [5.41, 5.74) is 7.15. The van der Waals surface area contributed by atoms with Crippen LogP contribution < -0.4 is 20.4 Å². The van der Waals surface area contributed by atoms with E-state index in [0.717, 1.165) is 113 Å². The Kier molecular flexibility index (Phi) is 26.2. The van der Waals surface area contributed by atoms with Crippen LogP contribution in [0.3, 0.4) is 0 Å². The molecule has 9 heterocycles. The number of nitriles is 3. The number of hydrogen-bond acceptors (Lipinski definition) is 20. The topological polar surface area (TPSA) is 279 Å². The van der Waals surface area contributed by atoms with Crippen molar-refractivity contribution in [1.29, 1.82) is 15.8 Å². The summed E-state index contributed by atoms with van der Waals surface area (Å²) in [5.74, 6) is -0.00430. The molecule has 0 spiro atoms. The number of carbonyl (C=O) groups is 5. The summed E-state index contributed by atoms with van der Waals surface area (Å²) < 4.78 is 26.2. The van der Waals surface area contributed by atoms with E-state index in [1.54, 1.807) is 30.6 Å². The predicted molar refractivity (Wildman–Crippen MR) is 328 cm³/mol. The standard InChI is InChI=1S/C23H32N4O4.C18H24N4O2.C16H21ClN2O4.C7H12N2/c1-5-30-21(28)18-13-20(26-11-6-7-16(14-26)8-10-24)17-9-12-27(15-19(17)25-18)22(29)31-23(2,3)4;1-2-24-18(23)15-10-17(14-6-8-20-11-16(14)21-15)22-9-3-4-13(12-22)5-7-19;1-5-22-14(20)12-8-11(17)10-6-7-19(9-13(10)18-12)15(21)23-16(2,3)4;8-4-3-7-2-1-5-9-6-7/h13,16H,5-9,11-12,14-15H2,1-4H3;10,13,20H,2-6,8-9,11-12H2,1H3;8H,5-7,9H2,1-4H3;7,9H,1-3,5-6H2/t16-;13-;;7-/m00.0/s1. The monoisotopic (exact) mass is 1220 g/mol. The molecule has 3 aromatic heterocycles. The molecule has 2 amide bonds. The molecule has 6 aliphatic rings. The summed E-state index contributed by atoms with van der Waals surface area (Å²) in [6.07, 6.45) is 9.90. The number of ether oxygens (including phenoxy) is 5. The van der Waals surface area contributed by atoms with Crippen molar-refractivity contribution < 1.29 is 47.7 Å². The van der Waals surface area contributed by atoms with Crippen molar-refractivity contribution in [2.75, 3.05) is 88.5 Å². The lowest BCUT2D eigenvalue weighted by atomic mass is 9.93. The van der Waals surface area contributed by atoms with E-state index in [9.17, 15) is 24.0 Å². The first-order valence-electron chi connectivity index (χ1n) is 30.8. The van der Waals surface area contributed by atoms with Gasteiger partial charge in [-0.1, -0.05) is 11.6 Å². The average molecular weight is 1220 g/mol. The number of halogens is 1. The van der Waals surface area contributed by atoms with Gasteiger partial charge >= 0.3 is 30.1 Å². The molecule has 0 radical (unpaired) electrons. The molecule has 0 aromatic carbocycles. The highest BCUT2D eigenvalue weighted by atomic mass is 35.5. The molecule has 22 nitrogen and oxygen atoms in total. The van der Waals surface area contributed by atoms with Gasteiger partial charge in [0.05, 0.1) is 68.2 Å². The van der Waals surface area contributed by atoms with Gasteiger partial charge in [-0.2, -0.15) is 15.8 Å². The quantitative estimate of drug-likeness (QED) is 0.133. The Morgan fingerprint density at radius 1 is 0.563 bits per heavy atom. The Bertz CT molecular complexity index is 2990. The zero-order chi connectivity index (χ0) is 63.3. The molecular formula is C64H89ClN12O10. The van der Waals surface area contributed by atoms with Gasteiger partial charge in [0.15, 0.2) is 11.4 Å². The Morgan fingerprint density at radius 3 is 1.44 bits per heavy atom. The first kappa shape index (κ1) is 68.8. The van der Waals surface area contributed by atoms with E-state index in [1.165, 1.54) is 24.5 Å². The molecular weight excluding hydrogens is 1130 g/mol. The minimum atomic E-state index is -0.577. The van der Waals surface area contributed by atoms with Gasteiger partial charge < -0.3 is 53.9 Å². The minimum Gasteiger partial charge on any atom is -0.461 e. The number of pyridine rings is 3. The van der Waals surface area contributed by atoms with Crippen molar-refractivity contribution in [3.8, 4) is 18.2 Å². The molecule has 472 valence electrons. The molecule has 3 aromatic rings. The fourth-order valence-corrected chi connectivity index (χ4v) is 11.6. The fraction of sp³-hybridized carbons (Fsp3) is 0.641. The van der Waals surface area contributed by atoms with E-state index in [0.29, 0.717) is 98.3 Å². The van der Waals surface area contributed by atoms with E-state index in [-0.39, 0.29) is 43.2 Å². The van der Waals surface area contributed by atoms with Gasteiger partial charge in [0.1, 0.15) is 16.9 Å². The van der Waals surface area contributed by atoms with Crippen molar-refractivity contribution >= 4 is 53.1 Å². The number of hydrogen-bond donors (Lipinski definition) is 2. The molecule has 3 fully saturated rings. The lowest BCUT2D eigenvalue weighted by Crippen LogP contribution is -2.42. The summed E-state index contributed by atoms with van der Waals surface area (Å²) in [6.45, 7) is 26.0. The van der Waals surface area contributed by atoms with Crippen LogP contribution in [0.25, 0.3) is 0 Å². The van der Waals surface area contributed by atoms with E-state index >= 15 is 0 Å². The molecule has 0 aliphatic carbocycles. The van der Waals surface area contributed by atoms with Gasteiger partial charge in [0, 0.05) is 87.0 Å². The minimum absolute atomic E-state index is 0.154. The summed E-state index contributed by atoms with van der Waals surface area (Å²) >= 11 is 6.24. The fourth-order valence-electron chi connectivity index (χ4n) is 11.3. The SMILES string of the molecule is CCOC(=O)c1cc(Cl)c2c(n1)CN(C(=O)OC(C)(C)C)CC2.CCOC(=O)c1cc(N2CCC[C@@H](CC#N)C2)c2c(n1)CN(C(=O)OC(C)(C)C)CC2.CCOC(=O)c1cc(N2CCC[C@@H](CC#N)C2)c2c(n1)CNCC2.N#CC[C@@H]1CCCNC1. The molecule has 3 atom stereocenters. The smallest absolute Gasteiger partial charge is 0.410 e. The molecule has 9 rings (SSSR count). The zero-order valence-corrected chi connectivity index (χ0v) is 53.2. The second-order valence-corrected chi connectivity index (χ2v) is 24.8. The van der Waals surface area contributed by atoms with Gasteiger partial charge in [-0.3, -0.25) is 0 Å². The highest BCUT2D eigenvalue weighted by Crippen LogP contribution is 2.35. The summed E-state index contributed by atoms with van der Waals surface area (Å²) in [6, 6.07) is 12.0. The predicted octanol–water partition coefficient (Wildman–Crippen LogP) is 9.82. The van der Waals surface area contributed by atoms with Gasteiger partial charge in [-0.05, 0) is 187 Å². The van der Waals surface area contributed by atoms with Crippen molar-refractivity contribution in [3.05, 3.63) is 74.1 Å². The van der Waals surface area contributed by atoms with Crippen LogP contribution >= 0.6 is 11.6 Å². The van der Waals surface area contributed by atoms with Crippen LogP contribution in [0.4, 0.5) is 21.0 Å². The third-order valence-electron chi connectivity index (χ3n) is 15.3. The number of fused-ring (bicyclic) bond motifs is 3. The van der Waals surface area contributed by atoms with Gasteiger partial charge in [0.2, 0.25) is 0 Å². The van der Waals surface area contributed by atoms with Crippen LogP contribution in [0.1, 0.15) is 185 Å². The summed E-state index contributed by atoms with van der Waals surface area (Å²) in [4.78, 5) is 82.5. The number of nitrogens with one attached hydrogen (secondary N) is 2. The third kappa shape index (κ3) is 20.6. The Labute approximate surface area is 518 Å². The number of aromatic nitrogens is 3. The van der Waals surface area contributed by atoms with E-state index in [1.807, 2.05) is 53.7 Å². The molecule has 0 bridgehead atoms.